The van der Waals surface area contributed by atoms with E-state index >= 15 is 0 Å². The molecule has 1 amide bonds. The second-order valence-electron chi connectivity index (χ2n) is 7.25. The summed E-state index contributed by atoms with van der Waals surface area (Å²) in [5.74, 6) is 0.229. The molecule has 3 aromatic rings. The van der Waals surface area contributed by atoms with Gasteiger partial charge in [-0.15, -0.1) is 0 Å². The Morgan fingerprint density at radius 3 is 2.77 bits per heavy atom. The van der Waals surface area contributed by atoms with Crippen molar-refractivity contribution in [2.75, 3.05) is 12.4 Å². The van der Waals surface area contributed by atoms with E-state index < -0.39 is 0 Å². The van der Waals surface area contributed by atoms with Crippen LogP contribution < -0.4 is 16.0 Å². The minimum atomic E-state index is -0.222. The molecule has 0 saturated heterocycles. The van der Waals surface area contributed by atoms with Crippen LogP contribution in [0.4, 0.5) is 10.1 Å². The SMILES string of the molecule is CN=C(NCc1cccc(NC(=O)Cn2cccn2)c1)NC(C)c1ccc(C)c(F)c1. The summed E-state index contributed by atoms with van der Waals surface area (Å²) in [7, 11) is 1.68. The van der Waals surface area contributed by atoms with Crippen molar-refractivity contribution in [3.05, 3.63) is 83.4 Å². The molecule has 0 aliphatic rings. The molecule has 31 heavy (non-hydrogen) atoms. The number of nitrogens with zero attached hydrogens (tertiary/aromatic N) is 3. The lowest BCUT2D eigenvalue weighted by Crippen LogP contribution is -2.38. The van der Waals surface area contributed by atoms with Gasteiger partial charge in [-0.1, -0.05) is 24.3 Å². The number of amides is 1. The summed E-state index contributed by atoms with van der Waals surface area (Å²) in [5, 5.41) is 13.4. The zero-order chi connectivity index (χ0) is 22.2. The molecule has 3 rings (SSSR count). The monoisotopic (exact) mass is 422 g/mol. The molecule has 0 saturated carbocycles. The highest BCUT2D eigenvalue weighted by Crippen LogP contribution is 2.16. The lowest BCUT2D eigenvalue weighted by molar-refractivity contribution is -0.116. The first-order valence-electron chi connectivity index (χ1n) is 10.0. The fourth-order valence-electron chi connectivity index (χ4n) is 3.05. The molecule has 8 heteroatoms. The van der Waals surface area contributed by atoms with Crippen LogP contribution in [0.25, 0.3) is 0 Å². The number of rotatable bonds is 7. The molecule has 0 spiro atoms. The number of carbonyl (C=O) groups excluding carboxylic acids is 1. The van der Waals surface area contributed by atoms with Crippen molar-refractivity contribution in [3.63, 3.8) is 0 Å². The third-order valence-corrected chi connectivity index (χ3v) is 4.81. The third kappa shape index (κ3) is 6.40. The van der Waals surface area contributed by atoms with Gasteiger partial charge in [0.05, 0.1) is 6.04 Å². The van der Waals surface area contributed by atoms with Gasteiger partial charge in [-0.3, -0.25) is 14.5 Å². The summed E-state index contributed by atoms with van der Waals surface area (Å²) < 4.78 is 15.4. The molecular formula is C23H27FN6O. The number of benzene rings is 2. The van der Waals surface area contributed by atoms with Gasteiger partial charge < -0.3 is 16.0 Å². The lowest BCUT2D eigenvalue weighted by Gasteiger charge is -2.19. The molecule has 2 aromatic carbocycles. The first-order valence-corrected chi connectivity index (χ1v) is 10.0. The van der Waals surface area contributed by atoms with E-state index in [1.165, 1.54) is 6.07 Å². The van der Waals surface area contributed by atoms with Gasteiger partial charge in [0.15, 0.2) is 5.96 Å². The average molecular weight is 423 g/mol. The topological polar surface area (TPSA) is 83.3 Å². The van der Waals surface area contributed by atoms with Gasteiger partial charge in [-0.25, -0.2) is 4.39 Å². The van der Waals surface area contributed by atoms with Crippen LogP contribution in [0.5, 0.6) is 0 Å². The van der Waals surface area contributed by atoms with Crippen molar-refractivity contribution in [3.8, 4) is 0 Å². The Morgan fingerprint density at radius 1 is 1.23 bits per heavy atom. The Kier molecular flexibility index (Phi) is 7.37. The maximum atomic E-state index is 13.9. The largest absolute Gasteiger partial charge is 0.352 e. The Balaban J connectivity index is 1.54. The highest BCUT2D eigenvalue weighted by atomic mass is 19.1. The van der Waals surface area contributed by atoms with Crippen LogP contribution in [0.15, 0.2) is 65.9 Å². The number of anilines is 1. The van der Waals surface area contributed by atoms with E-state index in [1.807, 2.05) is 37.3 Å². The van der Waals surface area contributed by atoms with Gasteiger partial charge in [0, 0.05) is 31.7 Å². The smallest absolute Gasteiger partial charge is 0.246 e. The molecular weight excluding hydrogens is 395 g/mol. The number of hydrogen-bond acceptors (Lipinski definition) is 3. The molecule has 0 aliphatic heterocycles. The zero-order valence-electron chi connectivity index (χ0n) is 17.9. The normalized spacial score (nSPS) is 12.3. The van der Waals surface area contributed by atoms with Crippen LogP contribution in [-0.4, -0.2) is 28.7 Å². The van der Waals surface area contributed by atoms with E-state index in [4.69, 9.17) is 0 Å². The molecule has 0 radical (unpaired) electrons. The molecule has 1 heterocycles. The van der Waals surface area contributed by atoms with E-state index in [1.54, 1.807) is 43.2 Å². The van der Waals surface area contributed by atoms with Crippen molar-refractivity contribution < 1.29 is 9.18 Å². The average Bonchev–Trinajstić information content (AvgIpc) is 3.26. The second-order valence-corrected chi connectivity index (χ2v) is 7.25. The Labute approximate surface area is 181 Å². The first-order chi connectivity index (χ1) is 14.9. The van der Waals surface area contributed by atoms with Crippen molar-refractivity contribution in [2.24, 2.45) is 4.99 Å². The van der Waals surface area contributed by atoms with Crippen LogP contribution >= 0.6 is 0 Å². The second kappa shape index (κ2) is 10.4. The molecule has 1 aromatic heterocycles. The number of hydrogen-bond donors (Lipinski definition) is 3. The van der Waals surface area contributed by atoms with Gasteiger partial charge in [-0.05, 0) is 54.8 Å². The number of carbonyl (C=O) groups is 1. The van der Waals surface area contributed by atoms with E-state index in [0.29, 0.717) is 23.8 Å². The van der Waals surface area contributed by atoms with E-state index in [2.05, 4.69) is 26.0 Å². The Morgan fingerprint density at radius 2 is 2.06 bits per heavy atom. The Bertz CT molecular complexity index is 1050. The molecule has 1 unspecified atom stereocenters. The summed E-state index contributed by atoms with van der Waals surface area (Å²) in [5.41, 5.74) is 3.15. The fraction of sp³-hybridized carbons (Fsp3) is 0.261. The number of halogens is 1. The van der Waals surface area contributed by atoms with Gasteiger partial charge in [-0.2, -0.15) is 5.10 Å². The highest BCUT2D eigenvalue weighted by Gasteiger charge is 2.10. The van der Waals surface area contributed by atoms with E-state index in [9.17, 15) is 9.18 Å². The highest BCUT2D eigenvalue weighted by molar-refractivity contribution is 5.90. The fourth-order valence-corrected chi connectivity index (χ4v) is 3.05. The number of nitrogens with one attached hydrogen (secondary N) is 3. The maximum Gasteiger partial charge on any atom is 0.246 e. The van der Waals surface area contributed by atoms with Crippen LogP contribution in [0.1, 0.15) is 29.7 Å². The van der Waals surface area contributed by atoms with E-state index in [0.717, 1.165) is 11.1 Å². The summed E-state index contributed by atoms with van der Waals surface area (Å²) in [6.45, 7) is 4.36. The quantitative estimate of drug-likeness (QED) is 0.403. The van der Waals surface area contributed by atoms with Gasteiger partial charge in [0.2, 0.25) is 5.91 Å². The van der Waals surface area contributed by atoms with E-state index in [-0.39, 0.29) is 24.3 Å². The predicted molar refractivity (Wildman–Crippen MR) is 120 cm³/mol. The van der Waals surface area contributed by atoms with Crippen LogP contribution in [-0.2, 0) is 17.9 Å². The third-order valence-electron chi connectivity index (χ3n) is 4.81. The number of guanidine groups is 1. The summed E-state index contributed by atoms with van der Waals surface area (Å²) in [6.07, 6.45) is 3.38. The molecule has 3 N–H and O–H groups in total. The molecule has 0 bridgehead atoms. The summed E-state index contributed by atoms with van der Waals surface area (Å²) >= 11 is 0. The summed E-state index contributed by atoms with van der Waals surface area (Å²) in [4.78, 5) is 16.4. The molecule has 0 fully saturated rings. The van der Waals surface area contributed by atoms with Gasteiger partial charge in [0.25, 0.3) is 0 Å². The maximum absolute atomic E-state index is 13.9. The lowest BCUT2D eigenvalue weighted by atomic mass is 10.1. The van der Waals surface area contributed by atoms with Crippen LogP contribution in [0.3, 0.4) is 0 Å². The number of aryl methyl sites for hydroxylation is 1. The minimum absolute atomic E-state index is 0.116. The van der Waals surface area contributed by atoms with Crippen LogP contribution in [0, 0.1) is 12.7 Å². The molecule has 1 atom stereocenters. The summed E-state index contributed by atoms with van der Waals surface area (Å²) in [6, 6.07) is 14.5. The van der Waals surface area contributed by atoms with Crippen molar-refractivity contribution in [2.45, 2.75) is 33.0 Å². The standard InChI is InChI=1S/C23H27FN6O/c1-16-8-9-19(13-21(16)24)17(2)28-23(25-3)26-14-18-6-4-7-20(12-18)29-22(31)15-30-11-5-10-27-30/h4-13,17H,14-15H2,1-3H3,(H,29,31)(H2,25,26,28). The Hall–Kier alpha value is -3.68. The van der Waals surface area contributed by atoms with Crippen molar-refractivity contribution in [1.29, 1.82) is 0 Å². The first kappa shape index (κ1) is 22.0. The molecule has 7 nitrogen and oxygen atoms in total. The van der Waals surface area contributed by atoms with Gasteiger partial charge >= 0.3 is 0 Å². The van der Waals surface area contributed by atoms with Crippen LogP contribution in [0.2, 0.25) is 0 Å². The number of aliphatic imine (C=N–C) groups is 1. The molecule has 0 aliphatic carbocycles. The molecule has 162 valence electrons. The van der Waals surface area contributed by atoms with Gasteiger partial charge in [0.1, 0.15) is 12.4 Å². The predicted octanol–water partition coefficient (Wildman–Crippen LogP) is 3.40. The van der Waals surface area contributed by atoms with Crippen molar-refractivity contribution in [1.82, 2.24) is 20.4 Å². The number of aromatic nitrogens is 2. The zero-order valence-corrected chi connectivity index (χ0v) is 17.9. The minimum Gasteiger partial charge on any atom is -0.352 e. The van der Waals surface area contributed by atoms with Crippen molar-refractivity contribution >= 4 is 17.6 Å².